The van der Waals surface area contributed by atoms with Crippen LogP contribution in [0.25, 0.3) is 0 Å². The predicted octanol–water partition coefficient (Wildman–Crippen LogP) is 3.37. The molecule has 7 nitrogen and oxygen atoms in total. The van der Waals surface area contributed by atoms with Gasteiger partial charge >= 0.3 is 0 Å². The van der Waals surface area contributed by atoms with Crippen LogP contribution in [-0.2, 0) is 11.3 Å². The summed E-state index contributed by atoms with van der Waals surface area (Å²) < 4.78 is 5.03. The lowest BCUT2D eigenvalue weighted by atomic mass is 10.2. The second-order valence-corrected chi connectivity index (χ2v) is 7.26. The Morgan fingerprint density at radius 3 is 2.48 bits per heavy atom. The molecule has 0 radical (unpaired) electrons. The van der Waals surface area contributed by atoms with E-state index in [1.54, 1.807) is 29.2 Å². The summed E-state index contributed by atoms with van der Waals surface area (Å²) in [6.07, 6.45) is 1.41. The van der Waals surface area contributed by atoms with Crippen LogP contribution in [0.2, 0.25) is 0 Å². The van der Waals surface area contributed by atoms with Crippen molar-refractivity contribution in [1.82, 2.24) is 10.2 Å². The molecule has 0 aliphatic rings. The number of amides is 3. The van der Waals surface area contributed by atoms with Crippen LogP contribution in [0.4, 0.5) is 5.00 Å². The van der Waals surface area contributed by atoms with E-state index < -0.39 is 5.91 Å². The number of benzene rings is 1. The molecule has 2 N–H and O–H groups in total. The highest BCUT2D eigenvalue weighted by Gasteiger charge is 2.16. The number of likely N-dealkylation sites (N-methyl/N-ethyl adjacent to an activating group) is 1. The predicted molar refractivity (Wildman–Crippen MR) is 111 cm³/mol. The Balaban J connectivity index is 1.51. The van der Waals surface area contributed by atoms with Gasteiger partial charge in [0, 0.05) is 13.1 Å². The van der Waals surface area contributed by atoms with Gasteiger partial charge < -0.3 is 20.0 Å². The molecule has 8 heteroatoms. The fourth-order valence-electron chi connectivity index (χ4n) is 2.64. The van der Waals surface area contributed by atoms with Crippen LogP contribution in [0, 0.1) is 0 Å². The SMILES string of the molecule is CCN(Cc1ccccc1)C(=O)CNC(=O)c1ccc(NC(=O)c2ccco2)s1. The Kier molecular flexibility index (Phi) is 6.80. The minimum atomic E-state index is -0.390. The maximum absolute atomic E-state index is 12.4. The van der Waals surface area contributed by atoms with E-state index in [1.165, 1.54) is 6.26 Å². The van der Waals surface area contributed by atoms with Crippen LogP contribution in [-0.4, -0.2) is 35.7 Å². The summed E-state index contributed by atoms with van der Waals surface area (Å²) >= 11 is 1.12. The Morgan fingerprint density at radius 1 is 1.00 bits per heavy atom. The number of hydrogen-bond acceptors (Lipinski definition) is 5. The van der Waals surface area contributed by atoms with Gasteiger partial charge in [-0.3, -0.25) is 14.4 Å². The normalized spacial score (nSPS) is 10.4. The number of thiophene rings is 1. The highest BCUT2D eigenvalue weighted by atomic mass is 32.1. The Labute approximate surface area is 172 Å². The van der Waals surface area contributed by atoms with Crippen LogP contribution in [0.15, 0.2) is 65.3 Å². The summed E-state index contributed by atoms with van der Waals surface area (Å²) in [7, 11) is 0. The molecular weight excluding hydrogens is 390 g/mol. The first-order valence-electron chi connectivity index (χ1n) is 9.11. The molecular formula is C21H21N3O4S. The second kappa shape index (κ2) is 9.70. The molecule has 2 heterocycles. The van der Waals surface area contributed by atoms with Crippen LogP contribution >= 0.6 is 11.3 Å². The molecule has 0 aliphatic carbocycles. The summed E-state index contributed by atoms with van der Waals surface area (Å²) in [5, 5.41) is 5.83. The summed E-state index contributed by atoms with van der Waals surface area (Å²) in [5.74, 6) is -0.725. The van der Waals surface area contributed by atoms with Crippen LogP contribution < -0.4 is 10.6 Å². The van der Waals surface area contributed by atoms with E-state index in [1.807, 2.05) is 37.3 Å². The van der Waals surface area contributed by atoms with Gasteiger partial charge in [0.25, 0.3) is 11.8 Å². The van der Waals surface area contributed by atoms with Crippen molar-refractivity contribution in [3.63, 3.8) is 0 Å². The van der Waals surface area contributed by atoms with E-state index in [-0.39, 0.29) is 24.1 Å². The van der Waals surface area contributed by atoms with Gasteiger partial charge in [-0.2, -0.15) is 0 Å². The molecule has 29 heavy (non-hydrogen) atoms. The number of nitrogens with zero attached hydrogens (tertiary/aromatic N) is 1. The third-order valence-corrected chi connectivity index (χ3v) is 5.16. The number of hydrogen-bond donors (Lipinski definition) is 2. The third-order valence-electron chi connectivity index (χ3n) is 4.16. The minimum absolute atomic E-state index is 0.0918. The first kappa shape index (κ1) is 20.3. The largest absolute Gasteiger partial charge is 0.459 e. The van der Waals surface area contributed by atoms with Gasteiger partial charge in [-0.05, 0) is 36.8 Å². The number of rotatable bonds is 8. The monoisotopic (exact) mass is 411 g/mol. The van der Waals surface area contributed by atoms with Crippen molar-refractivity contribution in [2.75, 3.05) is 18.4 Å². The zero-order valence-corrected chi connectivity index (χ0v) is 16.7. The number of nitrogens with one attached hydrogen (secondary N) is 2. The molecule has 2 aromatic heterocycles. The molecule has 3 aromatic rings. The van der Waals surface area contributed by atoms with Crippen LogP contribution in [0.3, 0.4) is 0 Å². The van der Waals surface area contributed by atoms with Gasteiger partial charge in [0.05, 0.1) is 22.7 Å². The van der Waals surface area contributed by atoms with Crippen molar-refractivity contribution in [3.8, 4) is 0 Å². The van der Waals surface area contributed by atoms with Crippen molar-refractivity contribution < 1.29 is 18.8 Å². The molecule has 0 bridgehead atoms. The number of carbonyl (C=O) groups is 3. The summed E-state index contributed by atoms with van der Waals surface area (Å²) in [6.45, 7) is 2.85. The topological polar surface area (TPSA) is 91.7 Å². The van der Waals surface area contributed by atoms with Gasteiger partial charge in [0.15, 0.2) is 5.76 Å². The standard InChI is InChI=1S/C21H21N3O4S/c1-2-24(14-15-7-4-3-5-8-15)19(25)13-22-21(27)17-10-11-18(29-17)23-20(26)16-9-6-12-28-16/h3-12H,2,13-14H2,1H3,(H,22,27)(H,23,26). The second-order valence-electron chi connectivity index (χ2n) is 6.17. The lowest BCUT2D eigenvalue weighted by Crippen LogP contribution is -2.39. The fourth-order valence-corrected chi connectivity index (χ4v) is 3.46. The molecule has 3 amide bonds. The summed E-state index contributed by atoms with van der Waals surface area (Å²) in [4.78, 5) is 38.8. The zero-order chi connectivity index (χ0) is 20.6. The van der Waals surface area contributed by atoms with E-state index in [0.717, 1.165) is 16.9 Å². The van der Waals surface area contributed by atoms with Crippen molar-refractivity contribution in [2.45, 2.75) is 13.5 Å². The van der Waals surface area contributed by atoms with Gasteiger partial charge in [0.2, 0.25) is 5.91 Å². The smallest absolute Gasteiger partial charge is 0.291 e. The molecule has 3 rings (SSSR count). The highest BCUT2D eigenvalue weighted by Crippen LogP contribution is 2.22. The van der Waals surface area contributed by atoms with Crippen LogP contribution in [0.5, 0.6) is 0 Å². The molecule has 0 aliphatic heterocycles. The van der Waals surface area contributed by atoms with E-state index in [2.05, 4.69) is 10.6 Å². The van der Waals surface area contributed by atoms with Crippen molar-refractivity contribution in [2.24, 2.45) is 0 Å². The van der Waals surface area contributed by atoms with Crippen LogP contribution in [0.1, 0.15) is 32.7 Å². The average Bonchev–Trinajstić information content (AvgIpc) is 3.43. The lowest BCUT2D eigenvalue weighted by molar-refractivity contribution is -0.130. The third kappa shape index (κ3) is 5.55. The molecule has 1 aromatic carbocycles. The van der Waals surface area contributed by atoms with Gasteiger partial charge in [-0.15, -0.1) is 11.3 Å². The molecule has 0 unspecified atom stereocenters. The first-order valence-corrected chi connectivity index (χ1v) is 9.93. The van der Waals surface area contributed by atoms with E-state index in [9.17, 15) is 14.4 Å². The maximum atomic E-state index is 12.4. The number of furan rings is 1. The van der Waals surface area contributed by atoms with Crippen molar-refractivity contribution in [3.05, 3.63) is 77.1 Å². The average molecular weight is 411 g/mol. The van der Waals surface area contributed by atoms with Crippen molar-refractivity contribution >= 4 is 34.1 Å². The quantitative estimate of drug-likeness (QED) is 0.594. The molecule has 150 valence electrons. The lowest BCUT2D eigenvalue weighted by Gasteiger charge is -2.21. The van der Waals surface area contributed by atoms with E-state index >= 15 is 0 Å². The molecule has 0 saturated heterocycles. The Bertz CT molecular complexity index is 967. The van der Waals surface area contributed by atoms with Gasteiger partial charge in [-0.25, -0.2) is 0 Å². The van der Waals surface area contributed by atoms with E-state index in [4.69, 9.17) is 4.42 Å². The molecule has 0 saturated carbocycles. The number of anilines is 1. The first-order chi connectivity index (χ1) is 14.1. The van der Waals surface area contributed by atoms with Gasteiger partial charge in [0.1, 0.15) is 0 Å². The van der Waals surface area contributed by atoms with E-state index in [0.29, 0.717) is 23.0 Å². The zero-order valence-electron chi connectivity index (χ0n) is 15.9. The highest BCUT2D eigenvalue weighted by molar-refractivity contribution is 7.18. The maximum Gasteiger partial charge on any atom is 0.291 e. The fraction of sp³-hybridized carbons (Fsp3) is 0.190. The Morgan fingerprint density at radius 2 is 1.79 bits per heavy atom. The summed E-state index contributed by atoms with van der Waals surface area (Å²) in [6, 6.07) is 16.1. The minimum Gasteiger partial charge on any atom is -0.459 e. The molecule has 0 spiro atoms. The Hall–Kier alpha value is -3.39. The number of carbonyl (C=O) groups excluding carboxylic acids is 3. The summed E-state index contributed by atoms with van der Waals surface area (Å²) in [5.41, 5.74) is 1.03. The van der Waals surface area contributed by atoms with Gasteiger partial charge in [-0.1, -0.05) is 30.3 Å². The molecule has 0 fully saturated rings. The molecule has 0 atom stereocenters. The van der Waals surface area contributed by atoms with Crippen molar-refractivity contribution in [1.29, 1.82) is 0 Å².